The van der Waals surface area contributed by atoms with Crippen molar-refractivity contribution >= 4 is 0 Å². The Morgan fingerprint density at radius 2 is 1.43 bits per heavy atom. The largest absolute Gasteiger partial charge is 0.311 e. The van der Waals surface area contributed by atoms with Gasteiger partial charge in [-0.1, -0.05) is 6.92 Å². The van der Waals surface area contributed by atoms with E-state index in [9.17, 15) is 0 Å². The molecule has 6 fully saturated rings. The van der Waals surface area contributed by atoms with Gasteiger partial charge in [0.25, 0.3) is 0 Å². The molecule has 0 amide bonds. The third kappa shape index (κ3) is 1.77. The minimum absolute atomic E-state index is 0.350. The molecule has 0 radical (unpaired) electrons. The van der Waals surface area contributed by atoms with Gasteiger partial charge in [0.1, 0.15) is 11.6 Å². The van der Waals surface area contributed by atoms with Crippen LogP contribution in [0.15, 0.2) is 0 Å². The van der Waals surface area contributed by atoms with Crippen LogP contribution in [-0.2, 0) is 10.8 Å². The Labute approximate surface area is 139 Å². The van der Waals surface area contributed by atoms with E-state index >= 15 is 0 Å². The maximum atomic E-state index is 4.93. The van der Waals surface area contributed by atoms with E-state index in [1.54, 1.807) is 0 Å². The lowest BCUT2D eigenvalue weighted by atomic mass is 9.49. The molecule has 0 aromatic carbocycles. The van der Waals surface area contributed by atoms with Crippen LogP contribution in [0.5, 0.6) is 0 Å². The summed E-state index contributed by atoms with van der Waals surface area (Å²) in [4.78, 5) is 0. The van der Waals surface area contributed by atoms with Gasteiger partial charge in [0, 0.05) is 16.9 Å². The summed E-state index contributed by atoms with van der Waals surface area (Å²) in [6.45, 7) is 2.41. The molecule has 3 heteroatoms. The fourth-order valence-electron chi connectivity index (χ4n) is 6.85. The summed E-state index contributed by atoms with van der Waals surface area (Å²) in [5.74, 6) is 5.77. The first-order chi connectivity index (χ1) is 11.2. The van der Waals surface area contributed by atoms with Crippen molar-refractivity contribution < 1.29 is 0 Å². The van der Waals surface area contributed by atoms with Gasteiger partial charge in [0.2, 0.25) is 0 Å². The quantitative estimate of drug-likeness (QED) is 0.821. The molecule has 7 rings (SSSR count). The zero-order valence-electron chi connectivity index (χ0n) is 14.4. The molecule has 6 saturated carbocycles. The van der Waals surface area contributed by atoms with E-state index in [0.717, 1.165) is 23.8 Å². The Bertz CT molecular complexity index is 615. The van der Waals surface area contributed by atoms with Crippen molar-refractivity contribution in [3.8, 4) is 0 Å². The van der Waals surface area contributed by atoms with E-state index in [1.807, 2.05) is 0 Å². The second kappa shape index (κ2) is 4.21. The first-order valence-corrected chi connectivity index (χ1v) is 10.1. The second-order valence-corrected chi connectivity index (χ2v) is 10.1. The normalized spacial score (nSPS) is 43.6. The molecule has 1 aromatic rings. The fraction of sp³-hybridized carbons (Fsp3) is 0.900. The maximum Gasteiger partial charge on any atom is 0.139 e. The number of rotatable bonds is 3. The molecule has 124 valence electrons. The number of hydrogen-bond acceptors (Lipinski definition) is 2. The van der Waals surface area contributed by atoms with E-state index in [2.05, 4.69) is 11.5 Å². The van der Waals surface area contributed by atoms with Crippen LogP contribution in [0.2, 0.25) is 0 Å². The van der Waals surface area contributed by atoms with Gasteiger partial charge in [-0.05, 0) is 88.4 Å². The molecule has 1 aromatic heterocycles. The van der Waals surface area contributed by atoms with Crippen LogP contribution in [0.3, 0.4) is 0 Å². The minimum Gasteiger partial charge on any atom is -0.311 e. The Balaban J connectivity index is 1.48. The van der Waals surface area contributed by atoms with Gasteiger partial charge in [-0.25, -0.2) is 0 Å². The van der Waals surface area contributed by atoms with Gasteiger partial charge < -0.3 is 4.57 Å². The van der Waals surface area contributed by atoms with Crippen molar-refractivity contribution in [1.29, 1.82) is 0 Å². The number of hydrogen-bond donors (Lipinski definition) is 0. The Morgan fingerprint density at radius 1 is 0.870 bits per heavy atom. The molecular formula is C20H29N3. The Hall–Kier alpha value is -0.860. The molecule has 0 aliphatic heterocycles. The van der Waals surface area contributed by atoms with E-state index in [1.165, 1.54) is 82.3 Å². The molecule has 0 spiro atoms. The fourth-order valence-corrected chi connectivity index (χ4v) is 6.85. The summed E-state index contributed by atoms with van der Waals surface area (Å²) in [6.07, 6.45) is 15.6. The molecular weight excluding hydrogens is 282 g/mol. The van der Waals surface area contributed by atoms with E-state index in [-0.39, 0.29) is 0 Å². The predicted octanol–water partition coefficient (Wildman–Crippen LogP) is 4.52. The molecule has 6 aliphatic carbocycles. The zero-order valence-corrected chi connectivity index (χ0v) is 14.4. The molecule has 4 bridgehead atoms. The smallest absolute Gasteiger partial charge is 0.139 e. The summed E-state index contributed by atoms with van der Waals surface area (Å²) in [6, 6.07) is 0.723. The van der Waals surface area contributed by atoms with E-state index < -0.39 is 0 Å². The number of aromatic nitrogens is 3. The van der Waals surface area contributed by atoms with Crippen LogP contribution < -0.4 is 0 Å². The third-order valence-electron chi connectivity index (χ3n) is 8.19. The summed E-state index contributed by atoms with van der Waals surface area (Å²) in [7, 11) is 0. The molecule has 0 saturated heterocycles. The second-order valence-electron chi connectivity index (χ2n) is 10.1. The first-order valence-electron chi connectivity index (χ1n) is 10.1. The van der Waals surface area contributed by atoms with Crippen molar-refractivity contribution in [2.75, 3.05) is 0 Å². The lowest BCUT2D eigenvalue weighted by Gasteiger charge is -2.56. The van der Waals surface area contributed by atoms with Crippen molar-refractivity contribution in [2.24, 2.45) is 17.8 Å². The molecule has 1 heterocycles. The molecule has 3 nitrogen and oxygen atoms in total. The van der Waals surface area contributed by atoms with Gasteiger partial charge in [-0.15, -0.1) is 10.2 Å². The zero-order chi connectivity index (χ0) is 15.2. The molecule has 23 heavy (non-hydrogen) atoms. The van der Waals surface area contributed by atoms with Crippen molar-refractivity contribution in [3.63, 3.8) is 0 Å². The van der Waals surface area contributed by atoms with Gasteiger partial charge >= 0.3 is 0 Å². The average molecular weight is 311 g/mol. The number of nitrogens with zero attached hydrogens (tertiary/aromatic N) is 3. The first kappa shape index (κ1) is 13.4. The highest BCUT2D eigenvalue weighted by Crippen LogP contribution is 2.61. The topological polar surface area (TPSA) is 30.7 Å². The lowest BCUT2D eigenvalue weighted by molar-refractivity contribution is -0.0127. The standard InChI is InChI=1S/C20H29N3/c1-19(5-6-19)17-21-22-18(23(17)16-3-2-4-16)20-10-13-7-14(11-20)9-15(8-13)12-20/h13-16H,2-12H2,1H3. The van der Waals surface area contributed by atoms with Crippen LogP contribution in [0, 0.1) is 17.8 Å². The SMILES string of the molecule is CC1(c2nnc(C34CC5CC(CC(C5)C3)C4)n2C2CCC2)CC1. The maximum absolute atomic E-state index is 4.93. The minimum atomic E-state index is 0.350. The highest BCUT2D eigenvalue weighted by atomic mass is 15.3. The highest BCUT2D eigenvalue weighted by Gasteiger charge is 2.55. The Morgan fingerprint density at radius 3 is 1.91 bits per heavy atom. The van der Waals surface area contributed by atoms with E-state index in [0.29, 0.717) is 10.8 Å². The van der Waals surface area contributed by atoms with Crippen LogP contribution in [0.25, 0.3) is 0 Å². The van der Waals surface area contributed by atoms with Crippen LogP contribution in [0.4, 0.5) is 0 Å². The third-order valence-corrected chi connectivity index (χ3v) is 8.19. The van der Waals surface area contributed by atoms with Gasteiger partial charge in [0.05, 0.1) is 0 Å². The molecule has 0 atom stereocenters. The summed E-state index contributed by atoms with van der Waals surface area (Å²) in [5.41, 5.74) is 0.754. The summed E-state index contributed by atoms with van der Waals surface area (Å²) in [5, 5.41) is 9.75. The highest BCUT2D eigenvalue weighted by molar-refractivity contribution is 5.25. The van der Waals surface area contributed by atoms with Gasteiger partial charge in [-0.2, -0.15) is 0 Å². The van der Waals surface area contributed by atoms with Gasteiger partial charge in [0.15, 0.2) is 0 Å². The summed E-state index contributed by atoms with van der Waals surface area (Å²) >= 11 is 0. The molecule has 0 unspecified atom stereocenters. The molecule has 6 aliphatic rings. The predicted molar refractivity (Wildman–Crippen MR) is 89.3 cm³/mol. The van der Waals surface area contributed by atoms with Crippen molar-refractivity contribution in [2.45, 2.75) is 94.4 Å². The Kier molecular flexibility index (Phi) is 2.46. The van der Waals surface area contributed by atoms with Crippen LogP contribution in [0.1, 0.15) is 95.2 Å². The molecule has 0 N–H and O–H groups in total. The van der Waals surface area contributed by atoms with Crippen LogP contribution >= 0.6 is 0 Å². The average Bonchev–Trinajstić information content (AvgIpc) is 3.03. The monoisotopic (exact) mass is 311 g/mol. The lowest BCUT2D eigenvalue weighted by Crippen LogP contribution is -2.50. The van der Waals surface area contributed by atoms with Gasteiger partial charge in [-0.3, -0.25) is 0 Å². The van der Waals surface area contributed by atoms with Crippen molar-refractivity contribution in [1.82, 2.24) is 14.8 Å². The van der Waals surface area contributed by atoms with Crippen LogP contribution in [-0.4, -0.2) is 14.8 Å². The van der Waals surface area contributed by atoms with E-state index in [4.69, 9.17) is 10.2 Å². The van der Waals surface area contributed by atoms with Crippen molar-refractivity contribution in [3.05, 3.63) is 11.6 Å². The summed E-state index contributed by atoms with van der Waals surface area (Å²) < 4.78 is 2.70.